The summed E-state index contributed by atoms with van der Waals surface area (Å²) < 4.78 is 0. The zero-order valence-electron chi connectivity index (χ0n) is 9.36. The summed E-state index contributed by atoms with van der Waals surface area (Å²) in [7, 11) is 0. The lowest BCUT2D eigenvalue weighted by Gasteiger charge is -2.09. The lowest BCUT2D eigenvalue weighted by molar-refractivity contribution is 1.16. The molecule has 0 aliphatic carbocycles. The van der Waals surface area contributed by atoms with E-state index >= 15 is 0 Å². The summed E-state index contributed by atoms with van der Waals surface area (Å²) >= 11 is 0. The molecule has 2 aromatic rings. The van der Waals surface area contributed by atoms with Crippen LogP contribution in [0.15, 0.2) is 30.6 Å². The standard InChI is InChI=1S/C12H14N4/c1-8-3-4-9(2)10(7-8)11-12(16-13)15-6-5-14-11/h3-7H,13H2,1-2H3,(H,15,16). The van der Waals surface area contributed by atoms with Gasteiger partial charge in [-0.05, 0) is 25.5 Å². The predicted molar refractivity (Wildman–Crippen MR) is 64.8 cm³/mol. The van der Waals surface area contributed by atoms with Crippen molar-refractivity contribution in [3.63, 3.8) is 0 Å². The van der Waals surface area contributed by atoms with Gasteiger partial charge >= 0.3 is 0 Å². The monoisotopic (exact) mass is 214 g/mol. The average Bonchev–Trinajstić information content (AvgIpc) is 2.32. The van der Waals surface area contributed by atoms with Gasteiger partial charge in [-0.15, -0.1) is 0 Å². The Kier molecular flexibility index (Phi) is 2.83. The maximum atomic E-state index is 5.42. The minimum atomic E-state index is 0.594. The van der Waals surface area contributed by atoms with Crippen molar-refractivity contribution in [2.45, 2.75) is 13.8 Å². The summed E-state index contributed by atoms with van der Waals surface area (Å²) in [5.74, 6) is 6.02. The molecule has 4 heteroatoms. The molecule has 0 atom stereocenters. The number of benzene rings is 1. The van der Waals surface area contributed by atoms with Gasteiger partial charge in [0.05, 0.1) is 0 Å². The van der Waals surface area contributed by atoms with E-state index in [0.29, 0.717) is 5.82 Å². The largest absolute Gasteiger partial charge is 0.307 e. The van der Waals surface area contributed by atoms with E-state index < -0.39 is 0 Å². The Hall–Kier alpha value is -1.94. The Morgan fingerprint density at radius 1 is 1.12 bits per heavy atom. The van der Waals surface area contributed by atoms with Gasteiger partial charge in [-0.3, -0.25) is 4.98 Å². The molecule has 0 radical (unpaired) electrons. The lowest BCUT2D eigenvalue weighted by Crippen LogP contribution is -2.10. The van der Waals surface area contributed by atoms with Crippen molar-refractivity contribution in [3.05, 3.63) is 41.7 Å². The van der Waals surface area contributed by atoms with Crippen molar-refractivity contribution < 1.29 is 0 Å². The second-order valence-corrected chi connectivity index (χ2v) is 3.72. The van der Waals surface area contributed by atoms with Crippen LogP contribution in [0.5, 0.6) is 0 Å². The number of nitrogens with two attached hydrogens (primary N) is 1. The van der Waals surface area contributed by atoms with Crippen LogP contribution < -0.4 is 11.3 Å². The van der Waals surface area contributed by atoms with Crippen LogP contribution in [0.4, 0.5) is 5.82 Å². The second-order valence-electron chi connectivity index (χ2n) is 3.72. The molecule has 0 bridgehead atoms. The molecule has 0 fully saturated rings. The van der Waals surface area contributed by atoms with Gasteiger partial charge in [-0.2, -0.15) is 0 Å². The van der Waals surface area contributed by atoms with Crippen molar-refractivity contribution in [2.75, 3.05) is 5.43 Å². The molecule has 82 valence electrons. The Morgan fingerprint density at radius 2 is 1.88 bits per heavy atom. The molecular weight excluding hydrogens is 200 g/mol. The average molecular weight is 214 g/mol. The molecule has 2 rings (SSSR count). The number of hydrogen-bond donors (Lipinski definition) is 2. The summed E-state index contributed by atoms with van der Waals surface area (Å²) in [5, 5.41) is 0. The van der Waals surface area contributed by atoms with Crippen molar-refractivity contribution in [1.29, 1.82) is 0 Å². The smallest absolute Gasteiger partial charge is 0.166 e. The van der Waals surface area contributed by atoms with Crippen molar-refractivity contribution >= 4 is 5.82 Å². The molecular formula is C12H14N4. The molecule has 0 saturated heterocycles. The number of anilines is 1. The van der Waals surface area contributed by atoms with Crippen molar-refractivity contribution in [1.82, 2.24) is 9.97 Å². The lowest BCUT2D eigenvalue weighted by atomic mass is 10.0. The van der Waals surface area contributed by atoms with Gasteiger partial charge in [0.2, 0.25) is 0 Å². The van der Waals surface area contributed by atoms with Gasteiger partial charge < -0.3 is 5.43 Å². The third-order valence-corrected chi connectivity index (χ3v) is 2.48. The number of aryl methyl sites for hydroxylation is 2. The molecule has 16 heavy (non-hydrogen) atoms. The molecule has 1 heterocycles. The van der Waals surface area contributed by atoms with E-state index in [9.17, 15) is 0 Å². The third-order valence-electron chi connectivity index (χ3n) is 2.48. The SMILES string of the molecule is Cc1ccc(C)c(-c2nccnc2NN)c1. The maximum Gasteiger partial charge on any atom is 0.166 e. The summed E-state index contributed by atoms with van der Waals surface area (Å²) in [6.07, 6.45) is 3.28. The molecule has 0 saturated carbocycles. The molecule has 0 spiro atoms. The Bertz CT molecular complexity index is 508. The fourth-order valence-corrected chi connectivity index (χ4v) is 1.63. The highest BCUT2D eigenvalue weighted by Crippen LogP contribution is 2.26. The van der Waals surface area contributed by atoms with Gasteiger partial charge in [0.15, 0.2) is 5.82 Å². The number of nitrogen functional groups attached to an aromatic ring is 1. The van der Waals surface area contributed by atoms with E-state index in [-0.39, 0.29) is 0 Å². The van der Waals surface area contributed by atoms with Gasteiger partial charge in [0.1, 0.15) is 5.69 Å². The summed E-state index contributed by atoms with van der Waals surface area (Å²) in [4.78, 5) is 8.46. The minimum absolute atomic E-state index is 0.594. The Morgan fingerprint density at radius 3 is 2.62 bits per heavy atom. The zero-order valence-corrected chi connectivity index (χ0v) is 9.36. The van der Waals surface area contributed by atoms with Crippen LogP contribution in [-0.4, -0.2) is 9.97 Å². The molecule has 0 aliphatic heterocycles. The van der Waals surface area contributed by atoms with E-state index in [0.717, 1.165) is 16.8 Å². The Labute approximate surface area is 94.5 Å². The molecule has 1 aromatic heterocycles. The molecule has 1 aromatic carbocycles. The number of nitrogens with zero attached hydrogens (tertiary/aromatic N) is 2. The highest BCUT2D eigenvalue weighted by molar-refractivity contribution is 5.73. The number of nitrogens with one attached hydrogen (secondary N) is 1. The van der Waals surface area contributed by atoms with E-state index in [4.69, 9.17) is 5.84 Å². The first-order valence-corrected chi connectivity index (χ1v) is 5.07. The topological polar surface area (TPSA) is 63.8 Å². The molecule has 0 aliphatic rings. The molecule has 3 N–H and O–H groups in total. The van der Waals surface area contributed by atoms with Gasteiger partial charge in [-0.25, -0.2) is 10.8 Å². The number of rotatable bonds is 2. The van der Waals surface area contributed by atoms with Crippen molar-refractivity contribution in [3.8, 4) is 11.3 Å². The van der Waals surface area contributed by atoms with E-state index in [1.54, 1.807) is 12.4 Å². The number of aromatic nitrogens is 2. The van der Waals surface area contributed by atoms with Crippen LogP contribution in [0.2, 0.25) is 0 Å². The highest BCUT2D eigenvalue weighted by Gasteiger charge is 2.09. The number of hydrogen-bond acceptors (Lipinski definition) is 4. The molecule has 0 unspecified atom stereocenters. The van der Waals surface area contributed by atoms with E-state index in [1.807, 2.05) is 6.92 Å². The van der Waals surface area contributed by atoms with Crippen molar-refractivity contribution in [2.24, 2.45) is 5.84 Å². The van der Waals surface area contributed by atoms with E-state index in [1.165, 1.54) is 5.56 Å². The van der Waals surface area contributed by atoms with Crippen LogP contribution in [-0.2, 0) is 0 Å². The highest BCUT2D eigenvalue weighted by atomic mass is 15.3. The molecule has 0 amide bonds. The van der Waals surface area contributed by atoms with Crippen LogP contribution in [0.1, 0.15) is 11.1 Å². The first-order chi connectivity index (χ1) is 7.72. The zero-order chi connectivity index (χ0) is 11.5. The van der Waals surface area contributed by atoms with Crippen LogP contribution in [0, 0.1) is 13.8 Å². The predicted octanol–water partition coefficient (Wildman–Crippen LogP) is 2.05. The maximum absolute atomic E-state index is 5.42. The fraction of sp³-hybridized carbons (Fsp3) is 0.167. The van der Waals surface area contributed by atoms with Crippen LogP contribution >= 0.6 is 0 Å². The van der Waals surface area contributed by atoms with Gasteiger partial charge in [0.25, 0.3) is 0 Å². The first kappa shape index (κ1) is 10.6. The Balaban J connectivity index is 2.62. The summed E-state index contributed by atoms with van der Waals surface area (Å²) in [6, 6.07) is 6.23. The quantitative estimate of drug-likeness (QED) is 0.593. The minimum Gasteiger partial charge on any atom is -0.307 e. The van der Waals surface area contributed by atoms with E-state index in [2.05, 4.69) is 40.5 Å². The normalized spacial score (nSPS) is 10.2. The second kappa shape index (κ2) is 4.28. The fourth-order valence-electron chi connectivity index (χ4n) is 1.63. The third kappa shape index (κ3) is 1.87. The number of hydrazine groups is 1. The van der Waals surface area contributed by atoms with Crippen LogP contribution in [0.3, 0.4) is 0 Å². The first-order valence-electron chi connectivity index (χ1n) is 5.07. The summed E-state index contributed by atoms with van der Waals surface area (Å²) in [5.41, 5.74) is 6.75. The van der Waals surface area contributed by atoms with Gasteiger partial charge in [-0.1, -0.05) is 17.7 Å². The van der Waals surface area contributed by atoms with Crippen LogP contribution in [0.25, 0.3) is 11.3 Å². The van der Waals surface area contributed by atoms with Gasteiger partial charge in [0, 0.05) is 18.0 Å². The summed E-state index contributed by atoms with van der Waals surface area (Å²) in [6.45, 7) is 4.10. The molecule has 4 nitrogen and oxygen atoms in total.